The van der Waals surface area contributed by atoms with Crippen LogP contribution < -0.4 is 5.32 Å². The molecular formula is C16H14ClN3O3S. The maximum absolute atomic E-state index is 12.2. The van der Waals surface area contributed by atoms with Gasteiger partial charge in [0.25, 0.3) is 11.1 Å². The van der Waals surface area contributed by atoms with Crippen molar-refractivity contribution in [3.63, 3.8) is 0 Å². The molecule has 0 bridgehead atoms. The van der Waals surface area contributed by atoms with E-state index in [1.54, 1.807) is 43.5 Å². The Morgan fingerprint density at radius 1 is 1.33 bits per heavy atom. The number of rotatable bonds is 5. The Labute approximate surface area is 147 Å². The zero-order chi connectivity index (χ0) is 17.1. The van der Waals surface area contributed by atoms with E-state index in [4.69, 9.17) is 20.4 Å². The standard InChI is InChI=1S/C16H14ClN3O3S/c1-9-13(6-7-22-9)15-19-20-16(23-15)24-10(2)14(21)18-12-5-3-4-11(17)8-12/h3-8,10H,1-2H3,(H,18,21). The fourth-order valence-electron chi connectivity index (χ4n) is 1.99. The highest BCUT2D eigenvalue weighted by molar-refractivity contribution is 8.00. The smallest absolute Gasteiger partial charge is 0.277 e. The first-order valence-corrected chi connectivity index (χ1v) is 8.40. The first-order chi connectivity index (χ1) is 11.5. The summed E-state index contributed by atoms with van der Waals surface area (Å²) in [5.74, 6) is 0.884. The van der Waals surface area contributed by atoms with Crippen LogP contribution >= 0.6 is 23.4 Å². The topological polar surface area (TPSA) is 81.2 Å². The largest absolute Gasteiger partial charge is 0.469 e. The molecule has 1 amide bonds. The number of nitrogens with zero attached hydrogens (tertiary/aromatic N) is 2. The Bertz CT molecular complexity index is 862. The predicted molar refractivity (Wildman–Crippen MR) is 92.1 cm³/mol. The molecule has 8 heteroatoms. The number of nitrogens with one attached hydrogen (secondary N) is 1. The van der Waals surface area contributed by atoms with Gasteiger partial charge in [-0.2, -0.15) is 0 Å². The fraction of sp³-hybridized carbons (Fsp3) is 0.188. The molecule has 0 saturated heterocycles. The molecule has 0 spiro atoms. The van der Waals surface area contributed by atoms with Gasteiger partial charge in [-0.05, 0) is 38.1 Å². The van der Waals surface area contributed by atoms with E-state index >= 15 is 0 Å². The maximum Gasteiger partial charge on any atom is 0.277 e. The quantitative estimate of drug-likeness (QED) is 0.676. The summed E-state index contributed by atoms with van der Waals surface area (Å²) in [6, 6.07) is 8.73. The van der Waals surface area contributed by atoms with Gasteiger partial charge in [-0.25, -0.2) is 0 Å². The lowest BCUT2D eigenvalue weighted by Crippen LogP contribution is -2.22. The summed E-state index contributed by atoms with van der Waals surface area (Å²) >= 11 is 7.09. The Hall–Kier alpha value is -2.25. The van der Waals surface area contributed by atoms with Crippen LogP contribution in [0.2, 0.25) is 5.02 Å². The molecule has 2 heterocycles. The summed E-state index contributed by atoms with van der Waals surface area (Å²) in [7, 11) is 0. The van der Waals surface area contributed by atoms with Gasteiger partial charge in [0.1, 0.15) is 5.76 Å². The molecule has 1 unspecified atom stereocenters. The predicted octanol–water partition coefficient (Wildman–Crippen LogP) is 4.41. The van der Waals surface area contributed by atoms with E-state index in [2.05, 4.69) is 15.5 Å². The summed E-state index contributed by atoms with van der Waals surface area (Å²) in [5.41, 5.74) is 1.38. The van der Waals surface area contributed by atoms with Crippen LogP contribution in [0.15, 0.2) is 50.7 Å². The average molecular weight is 364 g/mol. The SMILES string of the molecule is Cc1occc1-c1nnc(SC(C)C(=O)Nc2cccc(Cl)c2)o1. The molecule has 0 fully saturated rings. The normalized spacial score (nSPS) is 12.1. The molecule has 0 radical (unpaired) electrons. The molecule has 124 valence electrons. The summed E-state index contributed by atoms with van der Waals surface area (Å²) < 4.78 is 10.8. The minimum absolute atomic E-state index is 0.179. The number of aromatic nitrogens is 2. The average Bonchev–Trinajstić information content (AvgIpc) is 3.16. The molecule has 0 aliphatic rings. The van der Waals surface area contributed by atoms with Crippen molar-refractivity contribution in [3.05, 3.63) is 47.4 Å². The third kappa shape index (κ3) is 3.80. The van der Waals surface area contributed by atoms with E-state index < -0.39 is 5.25 Å². The van der Waals surface area contributed by atoms with Gasteiger partial charge < -0.3 is 14.2 Å². The molecule has 2 aromatic heterocycles. The Morgan fingerprint density at radius 3 is 2.88 bits per heavy atom. The van der Waals surface area contributed by atoms with Gasteiger partial charge in [-0.1, -0.05) is 29.4 Å². The lowest BCUT2D eigenvalue weighted by molar-refractivity contribution is -0.115. The second-order valence-electron chi connectivity index (χ2n) is 5.02. The Balaban J connectivity index is 1.64. The van der Waals surface area contributed by atoms with Gasteiger partial charge in [0.2, 0.25) is 5.91 Å². The number of thioether (sulfide) groups is 1. The zero-order valence-electron chi connectivity index (χ0n) is 12.9. The number of carbonyl (C=O) groups excluding carboxylic acids is 1. The van der Waals surface area contributed by atoms with E-state index in [9.17, 15) is 4.79 Å². The van der Waals surface area contributed by atoms with Crippen molar-refractivity contribution in [1.82, 2.24) is 10.2 Å². The molecule has 1 aromatic carbocycles. The van der Waals surface area contributed by atoms with E-state index in [1.165, 1.54) is 11.8 Å². The molecule has 1 atom stereocenters. The highest BCUT2D eigenvalue weighted by Crippen LogP contribution is 2.28. The van der Waals surface area contributed by atoms with Crippen molar-refractivity contribution in [3.8, 4) is 11.5 Å². The van der Waals surface area contributed by atoms with E-state index in [1.807, 2.05) is 6.92 Å². The lowest BCUT2D eigenvalue weighted by atomic mass is 10.3. The van der Waals surface area contributed by atoms with E-state index in [0.717, 1.165) is 5.56 Å². The van der Waals surface area contributed by atoms with Crippen LogP contribution in [0.3, 0.4) is 0 Å². The van der Waals surface area contributed by atoms with Crippen LogP contribution in [0.5, 0.6) is 0 Å². The Morgan fingerprint density at radius 2 is 2.17 bits per heavy atom. The van der Waals surface area contributed by atoms with Crippen molar-refractivity contribution >= 4 is 35.0 Å². The van der Waals surface area contributed by atoms with Crippen molar-refractivity contribution < 1.29 is 13.6 Å². The number of anilines is 1. The second-order valence-corrected chi connectivity index (χ2v) is 6.75. The maximum atomic E-state index is 12.2. The highest BCUT2D eigenvalue weighted by atomic mass is 35.5. The number of furan rings is 1. The van der Waals surface area contributed by atoms with Crippen LogP contribution in [-0.4, -0.2) is 21.4 Å². The molecule has 1 N–H and O–H groups in total. The van der Waals surface area contributed by atoms with Gasteiger partial charge in [-0.15, -0.1) is 10.2 Å². The first kappa shape index (κ1) is 16.6. The summed E-state index contributed by atoms with van der Waals surface area (Å²) in [6.07, 6.45) is 1.56. The number of benzene rings is 1. The minimum Gasteiger partial charge on any atom is -0.469 e. The number of carbonyl (C=O) groups is 1. The molecule has 24 heavy (non-hydrogen) atoms. The summed E-state index contributed by atoms with van der Waals surface area (Å²) in [5, 5.41) is 11.2. The number of halogens is 1. The van der Waals surface area contributed by atoms with Crippen LogP contribution in [-0.2, 0) is 4.79 Å². The van der Waals surface area contributed by atoms with Crippen molar-refractivity contribution in [2.24, 2.45) is 0 Å². The second kappa shape index (κ2) is 7.11. The van der Waals surface area contributed by atoms with Gasteiger partial charge in [-0.3, -0.25) is 4.79 Å². The lowest BCUT2D eigenvalue weighted by Gasteiger charge is -2.09. The number of hydrogen-bond donors (Lipinski definition) is 1. The number of amides is 1. The number of aryl methyl sites for hydroxylation is 1. The monoisotopic (exact) mass is 363 g/mol. The Kier molecular flexibility index (Phi) is 4.92. The summed E-state index contributed by atoms with van der Waals surface area (Å²) in [4.78, 5) is 12.2. The summed E-state index contributed by atoms with van der Waals surface area (Å²) in [6.45, 7) is 3.57. The fourth-order valence-corrected chi connectivity index (χ4v) is 2.86. The number of hydrogen-bond acceptors (Lipinski definition) is 6. The van der Waals surface area contributed by atoms with Crippen LogP contribution in [0.4, 0.5) is 5.69 Å². The van der Waals surface area contributed by atoms with Crippen molar-refractivity contribution in [2.75, 3.05) is 5.32 Å². The third-order valence-corrected chi connectivity index (χ3v) is 4.40. The molecule has 3 aromatic rings. The van der Waals surface area contributed by atoms with Crippen molar-refractivity contribution in [2.45, 2.75) is 24.3 Å². The van der Waals surface area contributed by atoms with Crippen molar-refractivity contribution in [1.29, 1.82) is 0 Å². The molecular weight excluding hydrogens is 350 g/mol. The molecule has 0 saturated carbocycles. The third-order valence-electron chi connectivity index (χ3n) is 3.23. The van der Waals surface area contributed by atoms with Gasteiger partial charge in [0.15, 0.2) is 0 Å². The van der Waals surface area contributed by atoms with E-state index in [0.29, 0.717) is 27.6 Å². The molecule has 0 aliphatic carbocycles. The van der Waals surface area contributed by atoms with Crippen LogP contribution in [0, 0.1) is 6.92 Å². The molecule has 0 aliphatic heterocycles. The van der Waals surface area contributed by atoms with Gasteiger partial charge in [0.05, 0.1) is 17.1 Å². The van der Waals surface area contributed by atoms with Gasteiger partial charge >= 0.3 is 0 Å². The zero-order valence-corrected chi connectivity index (χ0v) is 14.5. The van der Waals surface area contributed by atoms with E-state index in [-0.39, 0.29) is 5.91 Å². The minimum atomic E-state index is -0.414. The van der Waals surface area contributed by atoms with Crippen LogP contribution in [0.1, 0.15) is 12.7 Å². The molecule has 3 rings (SSSR count). The molecule has 6 nitrogen and oxygen atoms in total. The highest BCUT2D eigenvalue weighted by Gasteiger charge is 2.20. The first-order valence-electron chi connectivity index (χ1n) is 7.14. The van der Waals surface area contributed by atoms with Crippen LogP contribution in [0.25, 0.3) is 11.5 Å². The van der Waals surface area contributed by atoms with Gasteiger partial charge in [0, 0.05) is 10.7 Å².